The van der Waals surface area contributed by atoms with Gasteiger partial charge in [-0.3, -0.25) is 4.79 Å². The lowest BCUT2D eigenvalue weighted by atomic mass is 10.0. The van der Waals surface area contributed by atoms with Gasteiger partial charge < -0.3 is 5.21 Å². The Bertz CT molecular complexity index is 158. The smallest absolute Gasteiger partial charge is 0.136 e. The van der Waals surface area contributed by atoms with Crippen LogP contribution in [0.5, 0.6) is 0 Å². The second-order valence-corrected chi connectivity index (χ2v) is 3.21. The summed E-state index contributed by atoms with van der Waals surface area (Å²) in [6.07, 6.45) is 3.11. The van der Waals surface area contributed by atoms with E-state index in [0.29, 0.717) is 18.6 Å². The van der Waals surface area contributed by atoms with Crippen LogP contribution in [0.2, 0.25) is 0 Å². The second-order valence-electron chi connectivity index (χ2n) is 3.21. The maximum Gasteiger partial charge on any atom is 0.136 e. The molecule has 2 rings (SSSR count). The molecule has 4 heteroatoms. The van der Waals surface area contributed by atoms with E-state index in [1.165, 1.54) is 5.06 Å². The molecule has 0 spiro atoms. The molecule has 2 unspecified atom stereocenters. The molecule has 1 N–H and O–H groups in total. The van der Waals surface area contributed by atoms with Crippen LogP contribution >= 0.6 is 12.4 Å². The molecule has 0 aliphatic carbocycles. The van der Waals surface area contributed by atoms with Crippen molar-refractivity contribution < 1.29 is 10.0 Å². The number of fused-ring (bicyclic) bond motifs is 2. The number of ketones is 1. The number of carbonyl (C=O) groups is 1. The van der Waals surface area contributed by atoms with Crippen molar-refractivity contribution in [2.75, 3.05) is 0 Å². The number of piperidine rings is 1. The summed E-state index contributed by atoms with van der Waals surface area (Å²) < 4.78 is 0. The number of hydroxylamine groups is 2. The molecule has 2 saturated heterocycles. The summed E-state index contributed by atoms with van der Waals surface area (Å²) in [7, 11) is 0. The first-order valence-electron chi connectivity index (χ1n) is 3.76. The van der Waals surface area contributed by atoms with E-state index in [9.17, 15) is 10.0 Å². The van der Waals surface area contributed by atoms with E-state index in [1.54, 1.807) is 0 Å². The highest BCUT2D eigenvalue weighted by molar-refractivity contribution is 5.85. The highest BCUT2D eigenvalue weighted by Gasteiger charge is 2.39. The number of halogens is 1. The molecule has 11 heavy (non-hydrogen) atoms. The third kappa shape index (κ3) is 1.41. The van der Waals surface area contributed by atoms with Crippen LogP contribution < -0.4 is 0 Å². The molecule has 0 aromatic rings. The van der Waals surface area contributed by atoms with Gasteiger partial charge in [-0.2, -0.15) is 5.06 Å². The predicted molar refractivity (Wildman–Crippen MR) is 41.9 cm³/mol. The van der Waals surface area contributed by atoms with E-state index in [4.69, 9.17) is 0 Å². The monoisotopic (exact) mass is 177 g/mol. The predicted octanol–water partition coefficient (Wildman–Crippen LogP) is 0.993. The summed E-state index contributed by atoms with van der Waals surface area (Å²) in [6, 6.07) is 0.289. The van der Waals surface area contributed by atoms with Crippen molar-refractivity contribution in [2.45, 2.75) is 37.8 Å². The van der Waals surface area contributed by atoms with Crippen LogP contribution in [0, 0.1) is 0 Å². The molecule has 2 bridgehead atoms. The minimum absolute atomic E-state index is 0. The van der Waals surface area contributed by atoms with Crippen LogP contribution in [0.25, 0.3) is 0 Å². The van der Waals surface area contributed by atoms with E-state index in [0.717, 1.165) is 12.8 Å². The Hall–Kier alpha value is -0.120. The van der Waals surface area contributed by atoms with Gasteiger partial charge in [-0.05, 0) is 12.8 Å². The Morgan fingerprint density at radius 1 is 1.27 bits per heavy atom. The Balaban J connectivity index is 0.000000605. The summed E-state index contributed by atoms with van der Waals surface area (Å²) in [4.78, 5) is 10.9. The normalized spacial score (nSPS) is 37.0. The maximum absolute atomic E-state index is 10.9. The zero-order valence-electron chi connectivity index (χ0n) is 6.19. The van der Waals surface area contributed by atoms with E-state index >= 15 is 0 Å². The molecule has 64 valence electrons. The lowest BCUT2D eigenvalue weighted by Gasteiger charge is -2.27. The van der Waals surface area contributed by atoms with Gasteiger partial charge >= 0.3 is 0 Å². The van der Waals surface area contributed by atoms with E-state index < -0.39 is 0 Å². The van der Waals surface area contributed by atoms with Crippen LogP contribution in [0.15, 0.2) is 0 Å². The number of Topliss-reactive ketones (excluding diaryl/α,β-unsaturated/α-hetero) is 1. The van der Waals surface area contributed by atoms with Crippen molar-refractivity contribution in [2.24, 2.45) is 0 Å². The number of rotatable bonds is 0. The van der Waals surface area contributed by atoms with Crippen LogP contribution in [0.1, 0.15) is 25.7 Å². The minimum atomic E-state index is 0. The molecule has 0 amide bonds. The number of carbonyl (C=O) groups excluding carboxylic acids is 1. The van der Waals surface area contributed by atoms with Crippen molar-refractivity contribution in [1.29, 1.82) is 0 Å². The molecule has 2 aliphatic rings. The quantitative estimate of drug-likeness (QED) is 0.600. The highest BCUT2D eigenvalue weighted by Crippen LogP contribution is 2.31. The molecule has 2 aliphatic heterocycles. The largest absolute Gasteiger partial charge is 0.313 e. The second kappa shape index (κ2) is 3.09. The number of hydrogen-bond donors (Lipinski definition) is 1. The summed E-state index contributed by atoms with van der Waals surface area (Å²) in [5, 5.41) is 10.7. The zero-order chi connectivity index (χ0) is 7.14. The third-order valence-corrected chi connectivity index (χ3v) is 2.51. The van der Waals surface area contributed by atoms with Gasteiger partial charge in [0.2, 0.25) is 0 Å². The lowest BCUT2D eigenvalue weighted by Crippen LogP contribution is -2.40. The van der Waals surface area contributed by atoms with Crippen molar-refractivity contribution >= 4 is 18.2 Å². The average molecular weight is 178 g/mol. The zero-order valence-corrected chi connectivity index (χ0v) is 7.01. The fourth-order valence-corrected chi connectivity index (χ4v) is 1.95. The topological polar surface area (TPSA) is 40.5 Å². The van der Waals surface area contributed by atoms with Crippen molar-refractivity contribution in [3.63, 3.8) is 0 Å². The van der Waals surface area contributed by atoms with Gasteiger partial charge in [0, 0.05) is 24.9 Å². The van der Waals surface area contributed by atoms with Crippen molar-refractivity contribution in [3.05, 3.63) is 0 Å². The SMILES string of the molecule is Cl.O=C1CC2CCC(C1)N2O. The summed E-state index contributed by atoms with van der Waals surface area (Å²) in [5.74, 6) is 0.317. The average Bonchev–Trinajstić information content (AvgIpc) is 2.20. The Morgan fingerprint density at radius 2 is 1.73 bits per heavy atom. The van der Waals surface area contributed by atoms with Gasteiger partial charge in [0.15, 0.2) is 0 Å². The van der Waals surface area contributed by atoms with Crippen LogP contribution in [-0.4, -0.2) is 28.1 Å². The fraction of sp³-hybridized carbons (Fsp3) is 0.857. The van der Waals surface area contributed by atoms with Gasteiger partial charge in [0.25, 0.3) is 0 Å². The first kappa shape index (κ1) is 8.97. The van der Waals surface area contributed by atoms with Crippen LogP contribution in [-0.2, 0) is 4.79 Å². The molecular formula is C7H12ClNO2. The highest BCUT2D eigenvalue weighted by atomic mass is 35.5. The molecule has 0 saturated carbocycles. The maximum atomic E-state index is 10.9. The summed E-state index contributed by atoms with van der Waals surface area (Å²) in [5.41, 5.74) is 0. The Labute approximate surface area is 71.7 Å². The van der Waals surface area contributed by atoms with Gasteiger partial charge in [0.05, 0.1) is 0 Å². The number of hydrogen-bond acceptors (Lipinski definition) is 3. The van der Waals surface area contributed by atoms with E-state index in [2.05, 4.69) is 0 Å². The Morgan fingerprint density at radius 3 is 2.18 bits per heavy atom. The molecule has 2 atom stereocenters. The van der Waals surface area contributed by atoms with Gasteiger partial charge in [-0.25, -0.2) is 0 Å². The summed E-state index contributed by atoms with van der Waals surface area (Å²) >= 11 is 0. The summed E-state index contributed by atoms with van der Waals surface area (Å²) in [6.45, 7) is 0. The molecule has 3 nitrogen and oxygen atoms in total. The standard InChI is InChI=1S/C7H11NO2.ClH/c9-7-3-5-1-2-6(4-7)8(5)10;/h5-6,10H,1-4H2;1H. The lowest BCUT2D eigenvalue weighted by molar-refractivity contribution is -0.161. The first-order chi connectivity index (χ1) is 4.77. The fourth-order valence-electron chi connectivity index (χ4n) is 1.95. The molecule has 2 heterocycles. The molecule has 0 aromatic carbocycles. The van der Waals surface area contributed by atoms with Crippen LogP contribution in [0.3, 0.4) is 0 Å². The molecule has 0 aromatic heterocycles. The molecule has 2 fully saturated rings. The third-order valence-electron chi connectivity index (χ3n) is 2.51. The van der Waals surface area contributed by atoms with Gasteiger partial charge in [-0.15, -0.1) is 12.4 Å². The Kier molecular flexibility index (Phi) is 2.52. The molecule has 0 radical (unpaired) electrons. The van der Waals surface area contributed by atoms with Crippen LogP contribution in [0.4, 0.5) is 0 Å². The first-order valence-corrected chi connectivity index (χ1v) is 3.76. The number of nitrogens with zero attached hydrogens (tertiary/aromatic N) is 1. The van der Waals surface area contributed by atoms with Gasteiger partial charge in [-0.1, -0.05) is 0 Å². The van der Waals surface area contributed by atoms with E-state index in [-0.39, 0.29) is 24.5 Å². The molecular weight excluding hydrogens is 166 g/mol. The van der Waals surface area contributed by atoms with E-state index in [1.807, 2.05) is 0 Å². The minimum Gasteiger partial charge on any atom is -0.313 e. The van der Waals surface area contributed by atoms with Crippen molar-refractivity contribution in [1.82, 2.24) is 5.06 Å². The van der Waals surface area contributed by atoms with Gasteiger partial charge in [0.1, 0.15) is 5.78 Å². The van der Waals surface area contributed by atoms with Crippen molar-refractivity contribution in [3.8, 4) is 0 Å².